The van der Waals surface area contributed by atoms with Gasteiger partial charge in [-0.05, 0) is 58.3 Å². The van der Waals surface area contributed by atoms with Crippen LogP contribution in [0.1, 0.15) is 57.1 Å². The van der Waals surface area contributed by atoms with Crippen molar-refractivity contribution >= 4 is 28.1 Å². The first kappa shape index (κ1) is 24.1. The summed E-state index contributed by atoms with van der Waals surface area (Å²) in [5, 5.41) is 6.86. The number of piperidine rings is 1. The fourth-order valence-corrected chi connectivity index (χ4v) is 5.31. The number of halogens is 1. The lowest BCUT2D eigenvalue weighted by atomic mass is 9.94. The summed E-state index contributed by atoms with van der Waals surface area (Å²) in [6.07, 6.45) is 4.56. The van der Waals surface area contributed by atoms with Crippen molar-refractivity contribution < 1.29 is 22.1 Å². The Bertz CT molecular complexity index is 1100. The molecule has 0 saturated carbocycles. The first-order chi connectivity index (χ1) is 15.0. The van der Waals surface area contributed by atoms with Crippen LogP contribution in [0.15, 0.2) is 33.7 Å². The number of rotatable bonds is 7. The van der Waals surface area contributed by atoms with Crippen LogP contribution >= 0.6 is 0 Å². The largest absolute Gasteiger partial charge is 0.355 e. The number of carbonyl (C=O) groups excluding carboxylic acids is 1. The molecule has 9 heteroatoms. The Kier molecular flexibility index (Phi) is 7.19. The van der Waals surface area contributed by atoms with E-state index < -0.39 is 15.8 Å². The van der Waals surface area contributed by atoms with Gasteiger partial charge in [-0.15, -0.1) is 0 Å². The van der Waals surface area contributed by atoms with E-state index in [1.54, 1.807) is 25.1 Å². The molecule has 0 bridgehead atoms. The van der Waals surface area contributed by atoms with Crippen LogP contribution < -0.4 is 5.32 Å². The number of sulfonamides is 1. The van der Waals surface area contributed by atoms with E-state index in [-0.39, 0.29) is 46.8 Å². The molecule has 1 aromatic heterocycles. The maximum absolute atomic E-state index is 13.9. The molecule has 32 heavy (non-hydrogen) atoms. The Morgan fingerprint density at radius 3 is 2.56 bits per heavy atom. The number of hydrogen-bond acceptors (Lipinski definition) is 5. The van der Waals surface area contributed by atoms with Crippen LogP contribution in [0.3, 0.4) is 0 Å². The molecule has 1 aliphatic heterocycles. The highest BCUT2D eigenvalue weighted by Gasteiger charge is 2.36. The molecule has 0 spiro atoms. The van der Waals surface area contributed by atoms with Crippen LogP contribution in [0.4, 0.5) is 4.39 Å². The number of hydrogen-bond donors (Lipinski definition) is 1. The third-order valence-corrected chi connectivity index (χ3v) is 7.98. The van der Waals surface area contributed by atoms with Crippen molar-refractivity contribution in [3.05, 3.63) is 47.1 Å². The standard InChI is InChI=1S/C23H30FN3O4S/c1-5-23(3,4)25-22(28)18-12-14-27(15-13-18)32(29,30)21-16(2)26-31-20(21)11-10-17-8-6-7-9-19(17)24/h6-11,18H,5,12-15H2,1-4H3,(H,25,28)/b11-10+. The highest BCUT2D eigenvalue weighted by Crippen LogP contribution is 2.29. The average molecular weight is 464 g/mol. The molecule has 1 saturated heterocycles. The summed E-state index contributed by atoms with van der Waals surface area (Å²) in [7, 11) is -3.88. The molecule has 1 aliphatic rings. The van der Waals surface area contributed by atoms with Gasteiger partial charge in [-0.3, -0.25) is 4.79 Å². The van der Waals surface area contributed by atoms with Crippen molar-refractivity contribution in [3.8, 4) is 0 Å². The second-order valence-electron chi connectivity index (χ2n) is 8.72. The van der Waals surface area contributed by atoms with Crippen LogP contribution in [0.25, 0.3) is 12.2 Å². The van der Waals surface area contributed by atoms with E-state index in [2.05, 4.69) is 10.5 Å². The predicted octanol–water partition coefficient (Wildman–Crippen LogP) is 4.00. The number of carbonyl (C=O) groups is 1. The molecule has 0 atom stereocenters. The van der Waals surface area contributed by atoms with Crippen LogP contribution in [0.2, 0.25) is 0 Å². The third kappa shape index (κ3) is 5.27. The highest BCUT2D eigenvalue weighted by atomic mass is 32.2. The number of amides is 1. The molecule has 1 fully saturated rings. The Balaban J connectivity index is 1.75. The molecule has 0 aliphatic carbocycles. The van der Waals surface area contributed by atoms with Crippen LogP contribution in [0.5, 0.6) is 0 Å². The van der Waals surface area contributed by atoms with E-state index in [9.17, 15) is 17.6 Å². The lowest BCUT2D eigenvalue weighted by molar-refractivity contribution is -0.127. The van der Waals surface area contributed by atoms with Gasteiger partial charge in [0.05, 0.1) is 0 Å². The maximum atomic E-state index is 13.9. The van der Waals surface area contributed by atoms with E-state index in [1.165, 1.54) is 22.5 Å². The van der Waals surface area contributed by atoms with E-state index in [1.807, 2.05) is 20.8 Å². The predicted molar refractivity (Wildman–Crippen MR) is 121 cm³/mol. The van der Waals surface area contributed by atoms with Crippen molar-refractivity contribution in [2.24, 2.45) is 5.92 Å². The molecule has 7 nitrogen and oxygen atoms in total. The summed E-state index contributed by atoms with van der Waals surface area (Å²) in [4.78, 5) is 12.5. The van der Waals surface area contributed by atoms with Gasteiger partial charge in [0.1, 0.15) is 11.5 Å². The van der Waals surface area contributed by atoms with Gasteiger partial charge in [0.15, 0.2) is 10.7 Å². The fraction of sp³-hybridized carbons (Fsp3) is 0.478. The van der Waals surface area contributed by atoms with Gasteiger partial charge in [-0.1, -0.05) is 30.3 Å². The van der Waals surface area contributed by atoms with Crippen molar-refractivity contribution in [2.45, 2.75) is 57.4 Å². The van der Waals surface area contributed by atoms with Gasteiger partial charge >= 0.3 is 0 Å². The molecule has 1 N–H and O–H groups in total. The van der Waals surface area contributed by atoms with E-state index in [4.69, 9.17) is 4.52 Å². The second-order valence-corrected chi connectivity index (χ2v) is 10.6. The van der Waals surface area contributed by atoms with Gasteiger partial charge in [0.2, 0.25) is 15.9 Å². The van der Waals surface area contributed by atoms with Gasteiger partial charge in [-0.25, -0.2) is 12.8 Å². The highest BCUT2D eigenvalue weighted by molar-refractivity contribution is 7.89. The first-order valence-electron chi connectivity index (χ1n) is 10.8. The molecule has 2 heterocycles. The quantitative estimate of drug-likeness (QED) is 0.670. The van der Waals surface area contributed by atoms with Crippen molar-refractivity contribution in [1.29, 1.82) is 0 Å². The zero-order valence-corrected chi connectivity index (χ0v) is 19.7. The van der Waals surface area contributed by atoms with Crippen LogP contribution in [-0.2, 0) is 14.8 Å². The number of nitrogens with one attached hydrogen (secondary N) is 1. The van der Waals surface area contributed by atoms with Crippen molar-refractivity contribution in [1.82, 2.24) is 14.8 Å². The summed E-state index contributed by atoms with van der Waals surface area (Å²) >= 11 is 0. The summed E-state index contributed by atoms with van der Waals surface area (Å²) in [5.41, 5.74) is 0.258. The molecule has 1 amide bonds. The fourth-order valence-electron chi connectivity index (χ4n) is 3.59. The monoisotopic (exact) mass is 463 g/mol. The minimum atomic E-state index is -3.88. The van der Waals surface area contributed by atoms with Crippen LogP contribution in [-0.4, -0.2) is 42.4 Å². The third-order valence-electron chi connectivity index (χ3n) is 5.92. The zero-order chi connectivity index (χ0) is 23.5. The zero-order valence-electron chi connectivity index (χ0n) is 18.9. The van der Waals surface area contributed by atoms with Gasteiger partial charge in [-0.2, -0.15) is 4.31 Å². The number of nitrogens with zero attached hydrogens (tertiary/aromatic N) is 2. The number of aryl methyl sites for hydroxylation is 1. The molecule has 0 radical (unpaired) electrons. The Labute approximate surface area is 188 Å². The molecule has 2 aromatic rings. The molecule has 0 unspecified atom stereocenters. The van der Waals surface area contributed by atoms with Crippen molar-refractivity contribution in [3.63, 3.8) is 0 Å². The smallest absolute Gasteiger partial charge is 0.248 e. The average Bonchev–Trinajstić information content (AvgIpc) is 3.14. The number of benzene rings is 1. The normalized spacial score (nSPS) is 16.5. The summed E-state index contributed by atoms with van der Waals surface area (Å²) < 4.78 is 47.2. The first-order valence-corrected chi connectivity index (χ1v) is 12.2. The lowest BCUT2D eigenvalue weighted by Gasteiger charge is -2.33. The molecular weight excluding hydrogens is 433 g/mol. The Hall–Kier alpha value is -2.52. The van der Waals surface area contributed by atoms with E-state index in [0.717, 1.165) is 6.42 Å². The molecular formula is C23H30FN3O4S. The SMILES string of the molecule is CCC(C)(C)NC(=O)C1CCN(S(=O)(=O)c2c(C)noc2/C=C/c2ccccc2F)CC1. The topological polar surface area (TPSA) is 92.5 Å². The van der Waals surface area contributed by atoms with Gasteiger partial charge < -0.3 is 9.84 Å². The maximum Gasteiger partial charge on any atom is 0.248 e. The van der Waals surface area contributed by atoms with Crippen LogP contribution in [0, 0.1) is 18.7 Å². The summed E-state index contributed by atoms with van der Waals surface area (Å²) in [6, 6.07) is 6.17. The van der Waals surface area contributed by atoms with Gasteiger partial charge in [0, 0.05) is 30.1 Å². The minimum Gasteiger partial charge on any atom is -0.355 e. The second kappa shape index (κ2) is 9.54. The summed E-state index contributed by atoms with van der Waals surface area (Å²) in [6.45, 7) is 7.96. The number of aromatic nitrogens is 1. The van der Waals surface area contributed by atoms with E-state index in [0.29, 0.717) is 18.4 Å². The minimum absolute atomic E-state index is 0.0277. The molecule has 1 aromatic carbocycles. The molecule has 3 rings (SSSR count). The van der Waals surface area contributed by atoms with E-state index >= 15 is 0 Å². The summed E-state index contributed by atoms with van der Waals surface area (Å²) in [5.74, 6) is -0.633. The van der Waals surface area contributed by atoms with Gasteiger partial charge in [0.25, 0.3) is 0 Å². The Morgan fingerprint density at radius 2 is 1.94 bits per heavy atom. The van der Waals surface area contributed by atoms with Crippen molar-refractivity contribution in [2.75, 3.05) is 13.1 Å². The lowest BCUT2D eigenvalue weighted by Crippen LogP contribution is -2.49. The molecule has 174 valence electrons. The Morgan fingerprint density at radius 1 is 1.28 bits per heavy atom.